The lowest BCUT2D eigenvalue weighted by Crippen LogP contribution is -2.37. The molecular formula is C24H28N4O3. The molecular weight excluding hydrogens is 392 g/mol. The van der Waals surface area contributed by atoms with Gasteiger partial charge in [-0.05, 0) is 30.5 Å². The fourth-order valence-electron chi connectivity index (χ4n) is 3.13. The van der Waals surface area contributed by atoms with Gasteiger partial charge in [-0.15, -0.1) is 0 Å². The molecule has 2 heterocycles. The number of carbonyl (C=O) groups excluding carboxylic acids is 2. The van der Waals surface area contributed by atoms with E-state index in [0.29, 0.717) is 25.4 Å². The number of carbonyl (C=O) groups is 2. The molecule has 0 fully saturated rings. The predicted octanol–water partition coefficient (Wildman–Crippen LogP) is 3.85. The molecule has 0 saturated carbocycles. The Balaban J connectivity index is 1.61. The molecule has 7 heteroatoms. The molecule has 0 aliphatic rings. The number of hydrogen-bond donors (Lipinski definition) is 1. The molecule has 0 bridgehead atoms. The molecule has 0 unspecified atom stereocenters. The van der Waals surface area contributed by atoms with Gasteiger partial charge in [0.05, 0.1) is 0 Å². The lowest BCUT2D eigenvalue weighted by molar-refractivity contribution is -0.121. The average Bonchev–Trinajstić information content (AvgIpc) is 3.26. The quantitative estimate of drug-likeness (QED) is 0.568. The van der Waals surface area contributed by atoms with Crippen molar-refractivity contribution in [3.8, 4) is 11.3 Å². The summed E-state index contributed by atoms with van der Waals surface area (Å²) < 4.78 is 5.40. The van der Waals surface area contributed by atoms with Crippen molar-refractivity contribution in [2.24, 2.45) is 5.92 Å². The van der Waals surface area contributed by atoms with Gasteiger partial charge in [0.15, 0.2) is 11.5 Å². The van der Waals surface area contributed by atoms with Gasteiger partial charge in [0.25, 0.3) is 5.91 Å². The summed E-state index contributed by atoms with van der Waals surface area (Å²) in [6, 6.07) is 13.2. The van der Waals surface area contributed by atoms with Crippen molar-refractivity contribution in [1.82, 2.24) is 20.4 Å². The second-order valence-electron chi connectivity index (χ2n) is 7.97. The van der Waals surface area contributed by atoms with Crippen LogP contribution in [0.15, 0.2) is 59.4 Å². The minimum atomic E-state index is -0.238. The van der Waals surface area contributed by atoms with Crippen LogP contribution in [0.5, 0.6) is 0 Å². The van der Waals surface area contributed by atoms with Crippen molar-refractivity contribution in [2.75, 3.05) is 13.1 Å². The zero-order valence-electron chi connectivity index (χ0n) is 18.2. The van der Waals surface area contributed by atoms with Crippen LogP contribution in [0.1, 0.15) is 41.9 Å². The summed E-state index contributed by atoms with van der Waals surface area (Å²) in [6.45, 7) is 7.35. The average molecular weight is 421 g/mol. The maximum absolute atomic E-state index is 13.0. The molecule has 7 nitrogen and oxygen atoms in total. The summed E-state index contributed by atoms with van der Waals surface area (Å²) in [4.78, 5) is 30.9. The molecule has 2 aromatic heterocycles. The minimum absolute atomic E-state index is 0.112. The van der Waals surface area contributed by atoms with Crippen LogP contribution in [-0.4, -0.2) is 39.9 Å². The van der Waals surface area contributed by atoms with Gasteiger partial charge >= 0.3 is 0 Å². The van der Waals surface area contributed by atoms with E-state index in [1.54, 1.807) is 23.4 Å². The SMILES string of the molecule is Cc1ccc(-c2cc(C(=O)N(CCC(=O)NCc3ccncc3)CC(C)C)no2)cc1. The van der Waals surface area contributed by atoms with Gasteiger partial charge in [-0.1, -0.05) is 48.8 Å². The van der Waals surface area contributed by atoms with Gasteiger partial charge in [0.1, 0.15) is 0 Å². The van der Waals surface area contributed by atoms with Gasteiger partial charge in [-0.2, -0.15) is 0 Å². The number of hydrogen-bond acceptors (Lipinski definition) is 5. The lowest BCUT2D eigenvalue weighted by atomic mass is 10.1. The lowest BCUT2D eigenvalue weighted by Gasteiger charge is -2.23. The number of pyridine rings is 1. The topological polar surface area (TPSA) is 88.3 Å². The molecule has 3 rings (SSSR count). The summed E-state index contributed by atoms with van der Waals surface area (Å²) in [6.07, 6.45) is 3.59. The molecule has 0 spiro atoms. The van der Waals surface area contributed by atoms with Crippen LogP contribution in [0.25, 0.3) is 11.3 Å². The first-order valence-electron chi connectivity index (χ1n) is 10.4. The monoisotopic (exact) mass is 420 g/mol. The van der Waals surface area contributed by atoms with E-state index in [4.69, 9.17) is 4.52 Å². The Kier molecular flexibility index (Phi) is 7.54. The van der Waals surface area contributed by atoms with Crippen LogP contribution in [0.2, 0.25) is 0 Å². The number of nitrogens with zero attached hydrogens (tertiary/aromatic N) is 3. The standard InChI is InChI=1S/C24H28N4O3/c1-17(2)16-28(13-10-23(29)26-15-19-8-11-25-12-9-19)24(30)21-14-22(31-27-21)20-6-4-18(3)5-7-20/h4-9,11-12,14,17H,10,13,15-16H2,1-3H3,(H,26,29). The van der Waals surface area contributed by atoms with Crippen LogP contribution in [0.3, 0.4) is 0 Å². The van der Waals surface area contributed by atoms with Gasteiger partial charge in [0, 0.05) is 50.1 Å². The van der Waals surface area contributed by atoms with E-state index in [9.17, 15) is 9.59 Å². The Morgan fingerprint density at radius 3 is 2.48 bits per heavy atom. The maximum Gasteiger partial charge on any atom is 0.276 e. The van der Waals surface area contributed by atoms with Crippen LogP contribution in [0.4, 0.5) is 0 Å². The number of nitrogens with one attached hydrogen (secondary N) is 1. The molecule has 1 N–H and O–H groups in total. The van der Waals surface area contributed by atoms with Crippen molar-refractivity contribution in [3.05, 3.63) is 71.7 Å². The Hall–Kier alpha value is -3.48. The summed E-state index contributed by atoms with van der Waals surface area (Å²) in [5.41, 5.74) is 3.23. The molecule has 0 radical (unpaired) electrons. The Bertz CT molecular complexity index is 997. The molecule has 1 aromatic carbocycles. The maximum atomic E-state index is 13.0. The molecule has 3 aromatic rings. The highest BCUT2D eigenvalue weighted by molar-refractivity contribution is 5.93. The van der Waals surface area contributed by atoms with Crippen LogP contribution < -0.4 is 5.32 Å². The number of aryl methyl sites for hydroxylation is 1. The molecule has 0 aliphatic heterocycles. The molecule has 0 saturated heterocycles. The summed E-state index contributed by atoms with van der Waals surface area (Å²) in [5.74, 6) is 0.451. The van der Waals surface area contributed by atoms with Crippen LogP contribution in [-0.2, 0) is 11.3 Å². The van der Waals surface area contributed by atoms with Crippen LogP contribution in [0, 0.1) is 12.8 Å². The number of amides is 2. The fraction of sp³-hybridized carbons (Fsp3) is 0.333. The number of benzene rings is 1. The summed E-state index contributed by atoms with van der Waals surface area (Å²) >= 11 is 0. The normalized spacial score (nSPS) is 10.8. The van der Waals surface area contributed by atoms with E-state index in [2.05, 4.69) is 15.5 Å². The molecule has 2 amide bonds. The summed E-state index contributed by atoms with van der Waals surface area (Å²) in [5, 5.41) is 6.85. The van der Waals surface area contributed by atoms with Crippen molar-refractivity contribution < 1.29 is 14.1 Å². The number of aromatic nitrogens is 2. The fourth-order valence-corrected chi connectivity index (χ4v) is 3.13. The van der Waals surface area contributed by atoms with Gasteiger partial charge < -0.3 is 14.7 Å². The van der Waals surface area contributed by atoms with Gasteiger partial charge in [-0.3, -0.25) is 14.6 Å². The smallest absolute Gasteiger partial charge is 0.276 e. The van der Waals surface area contributed by atoms with E-state index in [-0.39, 0.29) is 29.8 Å². The Labute approximate surface area is 182 Å². The molecule has 162 valence electrons. The minimum Gasteiger partial charge on any atom is -0.355 e. The molecule has 31 heavy (non-hydrogen) atoms. The zero-order valence-corrected chi connectivity index (χ0v) is 18.2. The third-order valence-electron chi connectivity index (χ3n) is 4.79. The van der Waals surface area contributed by atoms with E-state index in [0.717, 1.165) is 16.7 Å². The van der Waals surface area contributed by atoms with E-state index in [1.165, 1.54) is 0 Å². The third kappa shape index (κ3) is 6.50. The predicted molar refractivity (Wildman–Crippen MR) is 118 cm³/mol. The third-order valence-corrected chi connectivity index (χ3v) is 4.79. The highest BCUT2D eigenvalue weighted by Gasteiger charge is 2.22. The first-order chi connectivity index (χ1) is 14.9. The zero-order chi connectivity index (χ0) is 22.2. The first kappa shape index (κ1) is 22.2. The Morgan fingerprint density at radius 2 is 1.81 bits per heavy atom. The molecule has 0 aliphatic carbocycles. The highest BCUT2D eigenvalue weighted by Crippen LogP contribution is 2.21. The second kappa shape index (κ2) is 10.5. The van der Waals surface area contributed by atoms with Crippen molar-refractivity contribution in [1.29, 1.82) is 0 Å². The van der Waals surface area contributed by atoms with E-state index < -0.39 is 0 Å². The summed E-state index contributed by atoms with van der Waals surface area (Å²) in [7, 11) is 0. The highest BCUT2D eigenvalue weighted by atomic mass is 16.5. The molecule has 0 atom stereocenters. The van der Waals surface area contributed by atoms with Crippen molar-refractivity contribution >= 4 is 11.8 Å². The largest absolute Gasteiger partial charge is 0.355 e. The van der Waals surface area contributed by atoms with Crippen molar-refractivity contribution in [2.45, 2.75) is 33.7 Å². The first-order valence-corrected chi connectivity index (χ1v) is 10.4. The number of rotatable bonds is 9. The van der Waals surface area contributed by atoms with E-state index in [1.807, 2.05) is 57.2 Å². The van der Waals surface area contributed by atoms with Gasteiger partial charge in [0.2, 0.25) is 5.91 Å². The Morgan fingerprint density at radius 1 is 1.10 bits per heavy atom. The van der Waals surface area contributed by atoms with Gasteiger partial charge in [-0.25, -0.2) is 0 Å². The van der Waals surface area contributed by atoms with Crippen LogP contribution >= 0.6 is 0 Å². The second-order valence-corrected chi connectivity index (χ2v) is 7.97. The van der Waals surface area contributed by atoms with Crippen molar-refractivity contribution in [3.63, 3.8) is 0 Å². The van der Waals surface area contributed by atoms with E-state index >= 15 is 0 Å².